The monoisotopic (exact) mass is 572 g/mol. The third kappa shape index (κ3) is 5.96. The van der Waals surface area contributed by atoms with Crippen molar-refractivity contribution in [2.75, 3.05) is 43.6 Å². The summed E-state index contributed by atoms with van der Waals surface area (Å²) in [5, 5.41) is 3.43. The summed E-state index contributed by atoms with van der Waals surface area (Å²) < 4.78 is 23.7. The van der Waals surface area contributed by atoms with Crippen molar-refractivity contribution in [2.24, 2.45) is 0 Å². The van der Waals surface area contributed by atoms with Gasteiger partial charge in [0, 0.05) is 59.8 Å². The molecule has 0 aliphatic carbocycles. The number of ether oxygens (including phenoxy) is 4. The van der Waals surface area contributed by atoms with E-state index in [4.69, 9.17) is 23.9 Å². The van der Waals surface area contributed by atoms with Crippen molar-refractivity contribution in [1.29, 1.82) is 0 Å². The van der Waals surface area contributed by atoms with Crippen molar-refractivity contribution in [3.8, 4) is 34.4 Å². The van der Waals surface area contributed by atoms with Crippen LogP contribution in [0.1, 0.15) is 16.7 Å². The molecule has 1 fully saturated rings. The summed E-state index contributed by atoms with van der Waals surface area (Å²) >= 11 is 0. The fourth-order valence-electron chi connectivity index (χ4n) is 5.45. The SMILES string of the molecule is COc1ccc(COc2cc(N3CCOCC3)cc(-c3cccc4c3Oc3ccc(Nc5cccnc5)cc3C4)n2)cc1. The second-order valence-electron chi connectivity index (χ2n) is 10.5. The predicted octanol–water partition coefficient (Wildman–Crippen LogP) is 7.01. The normalized spacial score (nSPS) is 13.8. The Hall–Kier alpha value is -5.08. The maximum Gasteiger partial charge on any atom is 0.216 e. The van der Waals surface area contributed by atoms with Gasteiger partial charge in [-0.1, -0.05) is 24.3 Å². The van der Waals surface area contributed by atoms with Crippen molar-refractivity contribution >= 4 is 17.1 Å². The number of aromatic nitrogens is 2. The quantitative estimate of drug-likeness (QED) is 0.209. The molecule has 0 saturated carbocycles. The molecule has 2 aromatic heterocycles. The second-order valence-corrected chi connectivity index (χ2v) is 10.5. The third-order valence-corrected chi connectivity index (χ3v) is 7.68. The van der Waals surface area contributed by atoms with Crippen LogP contribution in [0.3, 0.4) is 0 Å². The maximum absolute atomic E-state index is 6.58. The van der Waals surface area contributed by atoms with Gasteiger partial charge in [0.25, 0.3) is 0 Å². The Kier molecular flexibility index (Phi) is 7.50. The highest BCUT2D eigenvalue weighted by Gasteiger charge is 2.23. The molecule has 0 spiro atoms. The van der Waals surface area contributed by atoms with E-state index in [1.54, 1.807) is 13.3 Å². The summed E-state index contributed by atoms with van der Waals surface area (Å²) in [6.45, 7) is 3.41. The fourth-order valence-corrected chi connectivity index (χ4v) is 5.45. The first-order chi connectivity index (χ1) is 21.2. The van der Waals surface area contributed by atoms with Crippen LogP contribution in [0.2, 0.25) is 0 Å². The largest absolute Gasteiger partial charge is 0.497 e. The van der Waals surface area contributed by atoms with E-state index < -0.39 is 0 Å². The molecule has 1 N–H and O–H groups in total. The van der Waals surface area contributed by atoms with Gasteiger partial charge in [-0.3, -0.25) is 4.98 Å². The molecular formula is C35H32N4O4. The molecule has 43 heavy (non-hydrogen) atoms. The lowest BCUT2D eigenvalue weighted by atomic mass is 9.96. The molecule has 2 aliphatic rings. The van der Waals surface area contributed by atoms with Crippen molar-refractivity contribution in [3.63, 3.8) is 0 Å². The van der Waals surface area contributed by atoms with Crippen LogP contribution >= 0.6 is 0 Å². The second kappa shape index (κ2) is 12.0. The van der Waals surface area contributed by atoms with Crippen LogP contribution in [0.25, 0.3) is 11.3 Å². The molecule has 1 saturated heterocycles. The van der Waals surface area contributed by atoms with Gasteiger partial charge in [0.1, 0.15) is 23.9 Å². The first-order valence-corrected chi connectivity index (χ1v) is 14.4. The standard InChI is InChI=1S/C35H32N4O4/c1-40-30-10-7-24(8-11-30)23-42-34-21-29(39-14-16-41-17-15-39)20-32(38-34)31-6-2-4-25-18-26-19-27(9-12-33(26)43-35(25)31)37-28-5-3-13-36-22-28/h2-13,19-22,37H,14-18,23H2,1H3. The molecule has 7 rings (SSSR count). The molecule has 0 unspecified atom stereocenters. The van der Waals surface area contributed by atoms with Crippen molar-refractivity contribution in [2.45, 2.75) is 13.0 Å². The molecule has 4 heterocycles. The number of para-hydroxylation sites is 1. The zero-order valence-corrected chi connectivity index (χ0v) is 24.0. The molecule has 2 aliphatic heterocycles. The number of hydrogen-bond donors (Lipinski definition) is 1. The summed E-state index contributed by atoms with van der Waals surface area (Å²) in [6, 6.07) is 28.4. The van der Waals surface area contributed by atoms with Crippen LogP contribution in [0.4, 0.5) is 17.1 Å². The highest BCUT2D eigenvalue weighted by Crippen LogP contribution is 2.44. The molecular weight excluding hydrogens is 540 g/mol. The van der Waals surface area contributed by atoms with Gasteiger partial charge in [0.15, 0.2) is 0 Å². The van der Waals surface area contributed by atoms with Crippen LogP contribution in [0.15, 0.2) is 97.3 Å². The van der Waals surface area contributed by atoms with E-state index in [0.29, 0.717) is 25.7 Å². The lowest BCUT2D eigenvalue weighted by Gasteiger charge is -2.29. The number of rotatable bonds is 8. The smallest absolute Gasteiger partial charge is 0.216 e. The average Bonchev–Trinajstić information content (AvgIpc) is 3.07. The van der Waals surface area contributed by atoms with E-state index >= 15 is 0 Å². The van der Waals surface area contributed by atoms with Gasteiger partial charge in [-0.2, -0.15) is 0 Å². The molecule has 8 heteroatoms. The van der Waals surface area contributed by atoms with Gasteiger partial charge in [0.05, 0.1) is 37.9 Å². The molecule has 0 bridgehead atoms. The molecule has 8 nitrogen and oxygen atoms in total. The van der Waals surface area contributed by atoms with Crippen molar-refractivity contribution in [3.05, 3.63) is 114 Å². The first kappa shape index (κ1) is 26.8. The number of nitrogens with one attached hydrogen (secondary N) is 1. The van der Waals surface area contributed by atoms with Crippen LogP contribution in [-0.4, -0.2) is 43.4 Å². The van der Waals surface area contributed by atoms with Gasteiger partial charge < -0.3 is 29.2 Å². The fraction of sp³-hybridized carbons (Fsp3) is 0.200. The molecule has 0 radical (unpaired) electrons. The summed E-state index contributed by atoms with van der Waals surface area (Å²) in [5.74, 6) is 3.05. The Labute approximate surface area is 250 Å². The summed E-state index contributed by atoms with van der Waals surface area (Å²) in [6.07, 6.45) is 4.33. The van der Waals surface area contributed by atoms with Crippen molar-refractivity contribution in [1.82, 2.24) is 9.97 Å². The minimum absolute atomic E-state index is 0.398. The Balaban J connectivity index is 1.19. The van der Waals surface area contributed by atoms with Gasteiger partial charge >= 0.3 is 0 Å². The van der Waals surface area contributed by atoms with E-state index in [2.05, 4.69) is 45.5 Å². The number of benzene rings is 3. The van der Waals surface area contributed by atoms with Gasteiger partial charge in [-0.05, 0) is 60.2 Å². The van der Waals surface area contributed by atoms with Crippen LogP contribution in [0, 0.1) is 0 Å². The summed E-state index contributed by atoms with van der Waals surface area (Å²) in [4.78, 5) is 11.5. The number of fused-ring (bicyclic) bond motifs is 2. The molecule has 216 valence electrons. The first-order valence-electron chi connectivity index (χ1n) is 14.4. The maximum atomic E-state index is 6.58. The lowest BCUT2D eigenvalue weighted by Crippen LogP contribution is -2.36. The van der Waals surface area contributed by atoms with E-state index in [0.717, 1.165) is 81.8 Å². The van der Waals surface area contributed by atoms with Gasteiger partial charge in [-0.15, -0.1) is 0 Å². The van der Waals surface area contributed by atoms with Gasteiger partial charge in [-0.25, -0.2) is 4.98 Å². The van der Waals surface area contributed by atoms with Crippen LogP contribution < -0.4 is 24.4 Å². The van der Waals surface area contributed by atoms with Crippen LogP contribution in [0.5, 0.6) is 23.1 Å². The zero-order valence-electron chi connectivity index (χ0n) is 24.0. The lowest BCUT2D eigenvalue weighted by molar-refractivity contribution is 0.122. The predicted molar refractivity (Wildman–Crippen MR) is 167 cm³/mol. The molecule has 0 amide bonds. The number of anilines is 3. The Bertz CT molecular complexity index is 1720. The Morgan fingerprint density at radius 2 is 1.77 bits per heavy atom. The summed E-state index contributed by atoms with van der Waals surface area (Å²) in [7, 11) is 1.66. The number of nitrogens with zero attached hydrogens (tertiary/aromatic N) is 3. The topological polar surface area (TPSA) is 78.0 Å². The molecule has 3 aromatic carbocycles. The van der Waals surface area contributed by atoms with Gasteiger partial charge in [0.2, 0.25) is 5.88 Å². The Morgan fingerprint density at radius 1 is 0.884 bits per heavy atom. The van der Waals surface area contributed by atoms with E-state index in [-0.39, 0.29) is 0 Å². The molecule has 5 aromatic rings. The highest BCUT2D eigenvalue weighted by atomic mass is 16.5. The average molecular weight is 573 g/mol. The van der Waals surface area contributed by atoms with E-state index in [1.165, 1.54) is 0 Å². The number of morpholine rings is 1. The number of hydrogen-bond acceptors (Lipinski definition) is 8. The number of methoxy groups -OCH3 is 1. The zero-order chi connectivity index (χ0) is 29.0. The van der Waals surface area contributed by atoms with Crippen LogP contribution in [-0.2, 0) is 17.8 Å². The molecule has 0 atom stereocenters. The minimum Gasteiger partial charge on any atom is -0.497 e. The highest BCUT2D eigenvalue weighted by molar-refractivity contribution is 5.75. The van der Waals surface area contributed by atoms with Crippen molar-refractivity contribution < 1.29 is 18.9 Å². The minimum atomic E-state index is 0.398. The third-order valence-electron chi connectivity index (χ3n) is 7.68. The number of pyridine rings is 2. The Morgan fingerprint density at radius 3 is 2.58 bits per heavy atom. The summed E-state index contributed by atoms with van der Waals surface area (Å²) in [5.41, 5.74) is 8.01. The van der Waals surface area contributed by atoms with E-state index in [1.807, 2.05) is 60.8 Å². The van der Waals surface area contributed by atoms with E-state index in [9.17, 15) is 0 Å².